The van der Waals surface area contributed by atoms with Crippen molar-refractivity contribution < 1.29 is 4.42 Å². The summed E-state index contributed by atoms with van der Waals surface area (Å²) >= 11 is 0. The Morgan fingerprint density at radius 1 is 0.564 bits per heavy atom. The fourth-order valence-corrected chi connectivity index (χ4v) is 6.17. The number of aromatic nitrogens is 3. The van der Waals surface area contributed by atoms with Crippen molar-refractivity contribution in [1.82, 2.24) is 14.6 Å². The van der Waals surface area contributed by atoms with Gasteiger partial charge in [-0.15, -0.1) is 10.2 Å². The van der Waals surface area contributed by atoms with E-state index in [4.69, 9.17) is 4.42 Å². The minimum Gasteiger partial charge on any atom is -0.455 e. The zero-order chi connectivity index (χ0) is 26.2. The van der Waals surface area contributed by atoms with Gasteiger partial charge in [-0.25, -0.2) is 0 Å². The van der Waals surface area contributed by atoms with Gasteiger partial charge in [0, 0.05) is 32.7 Å². The quantitative estimate of drug-likeness (QED) is 0.221. The normalized spacial score (nSPS) is 12.0. The first-order chi connectivity index (χ1) is 19.1. The highest BCUT2D eigenvalue weighted by atomic mass is 16.3. The van der Waals surface area contributed by atoms with Crippen molar-refractivity contribution in [2.75, 3.05) is 0 Å². The van der Waals surface area contributed by atoms with Gasteiger partial charge in [0.05, 0.1) is 5.52 Å². The zero-order valence-corrected chi connectivity index (χ0v) is 22.0. The van der Waals surface area contributed by atoms with Crippen LogP contribution in [0.4, 0.5) is 0 Å². The van der Waals surface area contributed by atoms with E-state index >= 15 is 0 Å². The van der Waals surface area contributed by atoms with Crippen molar-refractivity contribution in [3.63, 3.8) is 0 Å². The number of hydrogen-bond donors (Lipinski definition) is 0. The molecule has 39 heavy (non-hydrogen) atoms. The maximum atomic E-state index is 6.50. The molecule has 0 aliphatic heterocycles. The minimum absolute atomic E-state index is 0.836. The van der Waals surface area contributed by atoms with Gasteiger partial charge in [0.1, 0.15) is 11.2 Å². The Kier molecular flexibility index (Phi) is 4.54. The van der Waals surface area contributed by atoms with E-state index in [1.165, 1.54) is 32.8 Å². The van der Waals surface area contributed by atoms with Crippen LogP contribution in [0.5, 0.6) is 0 Å². The Morgan fingerprint density at radius 2 is 1.21 bits per heavy atom. The van der Waals surface area contributed by atoms with Gasteiger partial charge in [0.2, 0.25) is 0 Å². The van der Waals surface area contributed by atoms with Crippen molar-refractivity contribution in [2.45, 2.75) is 20.8 Å². The summed E-state index contributed by atoms with van der Waals surface area (Å²) in [6.45, 7) is 6.41. The van der Waals surface area contributed by atoms with Crippen LogP contribution >= 0.6 is 0 Å². The first-order valence-corrected chi connectivity index (χ1v) is 13.3. The molecule has 0 saturated heterocycles. The smallest absolute Gasteiger partial charge is 0.169 e. The summed E-state index contributed by atoms with van der Waals surface area (Å²) in [5, 5.41) is 15.1. The minimum atomic E-state index is 0.836. The molecule has 4 nitrogen and oxygen atoms in total. The van der Waals surface area contributed by atoms with E-state index in [1.54, 1.807) is 0 Å². The molecule has 0 aliphatic rings. The molecule has 0 N–H and O–H groups in total. The number of para-hydroxylation sites is 1. The van der Waals surface area contributed by atoms with Gasteiger partial charge in [0.25, 0.3) is 0 Å². The molecular formula is C35H25N3O. The number of rotatable bonds is 2. The Labute approximate surface area is 225 Å². The lowest BCUT2D eigenvalue weighted by molar-refractivity contribution is 0.666. The largest absolute Gasteiger partial charge is 0.455 e. The second-order valence-corrected chi connectivity index (χ2v) is 10.6. The maximum Gasteiger partial charge on any atom is 0.169 e. The van der Waals surface area contributed by atoms with Gasteiger partial charge in [-0.3, -0.25) is 4.40 Å². The first kappa shape index (κ1) is 22.1. The number of fused-ring (bicyclic) bond motifs is 9. The van der Waals surface area contributed by atoms with Crippen LogP contribution in [0.2, 0.25) is 0 Å². The predicted octanol–water partition coefficient (Wildman–Crippen LogP) is 9.19. The summed E-state index contributed by atoms with van der Waals surface area (Å²) in [7, 11) is 0. The van der Waals surface area contributed by atoms with Crippen LogP contribution in [0.15, 0.2) is 101 Å². The molecule has 3 heterocycles. The highest BCUT2D eigenvalue weighted by molar-refractivity contribution is 6.12. The van der Waals surface area contributed by atoms with Crippen LogP contribution in [-0.2, 0) is 0 Å². The number of aryl methyl sites for hydroxylation is 3. The monoisotopic (exact) mass is 503 g/mol. The SMILES string of the molecule is Cc1cc(C)c2oc3c(-c4ccc(-c5nnc6c7ccccc7c7ccccc7n56)cc4)cc(C)cc3c2c1. The number of pyridine rings is 1. The van der Waals surface area contributed by atoms with Crippen LogP contribution < -0.4 is 0 Å². The van der Waals surface area contributed by atoms with Gasteiger partial charge < -0.3 is 4.42 Å². The van der Waals surface area contributed by atoms with Crippen LogP contribution in [0.3, 0.4) is 0 Å². The van der Waals surface area contributed by atoms with Crippen molar-refractivity contribution in [1.29, 1.82) is 0 Å². The van der Waals surface area contributed by atoms with E-state index in [-0.39, 0.29) is 0 Å². The highest BCUT2D eigenvalue weighted by Crippen LogP contribution is 2.39. The summed E-state index contributed by atoms with van der Waals surface area (Å²) < 4.78 is 8.68. The van der Waals surface area contributed by atoms with Crippen LogP contribution in [0.25, 0.3) is 71.8 Å². The van der Waals surface area contributed by atoms with Crippen molar-refractivity contribution in [3.05, 3.63) is 114 Å². The molecule has 0 atom stereocenters. The summed E-state index contributed by atoms with van der Waals surface area (Å²) in [5.74, 6) is 0.836. The second-order valence-electron chi connectivity index (χ2n) is 10.6. The van der Waals surface area contributed by atoms with Gasteiger partial charge in [-0.2, -0.15) is 0 Å². The molecule has 3 aromatic heterocycles. The van der Waals surface area contributed by atoms with Crippen molar-refractivity contribution >= 4 is 49.3 Å². The average Bonchev–Trinajstić information content (AvgIpc) is 3.56. The van der Waals surface area contributed by atoms with Crippen molar-refractivity contribution in [3.8, 4) is 22.5 Å². The molecule has 0 fully saturated rings. The molecule has 0 unspecified atom stereocenters. The summed E-state index contributed by atoms with van der Waals surface area (Å²) in [6, 6.07) is 34.4. The standard InChI is InChI=1S/C35H25N3O/c1-20-16-22(3)32-29(18-20)30-19-21(2)17-28(33(30)39-32)23-12-14-24(15-13-23)34-36-37-35-27-10-5-4-8-25(27)26-9-6-7-11-31(26)38(34)35/h4-19H,1-3H3. The molecule has 8 rings (SSSR count). The van der Waals surface area contributed by atoms with Gasteiger partial charge in [-0.05, 0) is 72.7 Å². The third-order valence-corrected chi connectivity index (χ3v) is 7.87. The fraction of sp³-hybridized carbons (Fsp3) is 0.0857. The topological polar surface area (TPSA) is 43.3 Å². The third kappa shape index (κ3) is 3.18. The van der Waals surface area contributed by atoms with Crippen LogP contribution in [-0.4, -0.2) is 14.6 Å². The van der Waals surface area contributed by atoms with Crippen LogP contribution in [0, 0.1) is 20.8 Å². The molecule has 0 amide bonds. The van der Waals surface area contributed by atoms with E-state index in [1.807, 2.05) is 0 Å². The number of hydrogen-bond acceptors (Lipinski definition) is 3. The van der Waals surface area contributed by atoms with E-state index < -0.39 is 0 Å². The molecule has 0 bridgehead atoms. The zero-order valence-electron chi connectivity index (χ0n) is 22.0. The third-order valence-electron chi connectivity index (χ3n) is 7.87. The Morgan fingerprint density at radius 3 is 2.00 bits per heavy atom. The Bertz CT molecular complexity index is 2250. The Hall–Kier alpha value is -4.96. The summed E-state index contributed by atoms with van der Waals surface area (Å²) in [4.78, 5) is 0. The molecule has 0 aliphatic carbocycles. The first-order valence-electron chi connectivity index (χ1n) is 13.3. The molecule has 8 aromatic rings. The lowest BCUT2D eigenvalue weighted by atomic mass is 9.98. The molecule has 0 radical (unpaired) electrons. The number of nitrogens with zero attached hydrogens (tertiary/aromatic N) is 3. The van der Waals surface area contributed by atoms with E-state index in [2.05, 4.69) is 132 Å². The van der Waals surface area contributed by atoms with Gasteiger partial charge in [-0.1, -0.05) is 72.8 Å². The highest BCUT2D eigenvalue weighted by Gasteiger charge is 2.18. The van der Waals surface area contributed by atoms with Crippen LogP contribution in [0.1, 0.15) is 16.7 Å². The number of benzene rings is 5. The Balaban J connectivity index is 1.32. The molecule has 5 aromatic carbocycles. The second kappa shape index (κ2) is 8.02. The average molecular weight is 504 g/mol. The lowest BCUT2D eigenvalue weighted by Gasteiger charge is -2.10. The molecule has 0 spiro atoms. The maximum absolute atomic E-state index is 6.50. The summed E-state index contributed by atoms with van der Waals surface area (Å²) in [5.41, 5.74) is 10.7. The van der Waals surface area contributed by atoms with E-state index in [9.17, 15) is 0 Å². The lowest BCUT2D eigenvalue weighted by Crippen LogP contribution is -1.94. The van der Waals surface area contributed by atoms with Gasteiger partial charge >= 0.3 is 0 Å². The fourth-order valence-electron chi connectivity index (χ4n) is 6.17. The summed E-state index contributed by atoms with van der Waals surface area (Å²) in [6.07, 6.45) is 0. The molecule has 0 saturated carbocycles. The molecule has 186 valence electrons. The number of furan rings is 1. The molecule has 4 heteroatoms. The van der Waals surface area contributed by atoms with E-state index in [0.717, 1.165) is 55.6 Å². The molecular weight excluding hydrogens is 478 g/mol. The van der Waals surface area contributed by atoms with Gasteiger partial charge in [0.15, 0.2) is 11.5 Å². The van der Waals surface area contributed by atoms with E-state index in [0.29, 0.717) is 0 Å². The predicted molar refractivity (Wildman–Crippen MR) is 160 cm³/mol. The van der Waals surface area contributed by atoms with Crippen molar-refractivity contribution in [2.24, 2.45) is 0 Å².